The quantitative estimate of drug-likeness (QED) is 0.134. The van der Waals surface area contributed by atoms with E-state index >= 15 is 0 Å². The van der Waals surface area contributed by atoms with Gasteiger partial charge in [0.25, 0.3) is 0 Å². The van der Waals surface area contributed by atoms with E-state index in [4.69, 9.17) is 29.9 Å². The molecule has 0 saturated heterocycles. The van der Waals surface area contributed by atoms with Crippen LogP contribution in [-0.4, -0.2) is 48.2 Å². The third-order valence-electron chi connectivity index (χ3n) is 24.9. The molecule has 27 aromatic rings. The summed E-state index contributed by atoms with van der Waals surface area (Å²) in [4.78, 5) is 29.9. The highest BCUT2D eigenvalue weighted by Crippen LogP contribution is 2.48. The zero-order valence-electron chi connectivity index (χ0n) is 67.7. The second-order valence-electron chi connectivity index (χ2n) is 31.9. The maximum Gasteiger partial charge on any atom is 0.238 e. The third kappa shape index (κ3) is 11.8. The van der Waals surface area contributed by atoms with E-state index in [1.807, 2.05) is 132 Å². The van der Waals surface area contributed by atoms with Gasteiger partial charge >= 0.3 is 0 Å². The molecule has 0 atom stereocenters. The van der Waals surface area contributed by atoms with Crippen molar-refractivity contribution >= 4 is 183 Å². The van der Waals surface area contributed by atoms with Gasteiger partial charge in [0.15, 0.2) is 11.6 Å². The SMILES string of the molecule is c1ccc(-c2ccc3c(c2)c2c4sc5ccccc5c4ccc2n3-c2nccc(-c3ccccc3)n2)cc1.c1ccc(-c2nc(-c3ccccc3)nc(-n3c4ccccc4c4ccc5c6ccccc6n(-c6ccccn6)c5c43)n2)cc1.c1ccc2c(c1)sc1c2ccc2c1c1ccccc1n2-c1ccc(-c2ccc3c4ccccc4c4ccccc4c3c2)cc1. The third-order valence-corrected chi connectivity index (χ3v) is 27.3. The van der Waals surface area contributed by atoms with Gasteiger partial charge in [-0.15, -0.1) is 22.7 Å². The number of nitrogens with zero attached hydrogens (tertiary/aromatic N) is 10. The first-order valence-corrected chi connectivity index (χ1v) is 44.0. The number of rotatable bonds is 9. The van der Waals surface area contributed by atoms with Crippen molar-refractivity contribution in [1.82, 2.24) is 48.2 Å². The fraction of sp³-hybridized carbons (Fsp3) is 0. The number of aromatic nitrogens is 10. The molecule has 9 heterocycles. The highest BCUT2D eigenvalue weighted by atomic mass is 32.1. The maximum atomic E-state index is 5.15. The van der Waals surface area contributed by atoms with Crippen molar-refractivity contribution in [2.24, 2.45) is 0 Å². The van der Waals surface area contributed by atoms with Gasteiger partial charge in [0.2, 0.25) is 11.9 Å². The lowest BCUT2D eigenvalue weighted by atomic mass is 9.92. The fourth-order valence-electron chi connectivity index (χ4n) is 19.3. The van der Waals surface area contributed by atoms with Gasteiger partial charge in [-0.25, -0.2) is 19.9 Å². The molecule has 0 radical (unpaired) electrons. The Morgan fingerprint density at radius 2 is 0.595 bits per heavy atom. The zero-order chi connectivity index (χ0) is 82.9. The van der Waals surface area contributed by atoms with E-state index in [2.05, 4.69) is 334 Å². The largest absolute Gasteiger partial charge is 0.309 e. The number of thiophene rings is 2. The van der Waals surface area contributed by atoms with Crippen molar-refractivity contribution in [3.8, 4) is 79.7 Å². The summed E-state index contributed by atoms with van der Waals surface area (Å²) < 4.78 is 14.4. The molecule has 10 nitrogen and oxygen atoms in total. The summed E-state index contributed by atoms with van der Waals surface area (Å²) in [6.07, 6.45) is 3.70. The van der Waals surface area contributed by atoms with Gasteiger partial charge < -0.3 is 4.57 Å². The van der Waals surface area contributed by atoms with E-state index in [0.29, 0.717) is 23.5 Å². The summed E-state index contributed by atoms with van der Waals surface area (Å²) in [5.41, 5.74) is 18.8. The summed E-state index contributed by atoms with van der Waals surface area (Å²) in [7, 11) is 0. The molecule has 0 saturated carbocycles. The van der Waals surface area contributed by atoms with Crippen LogP contribution in [0.5, 0.6) is 0 Å². The standard InChI is InChI=1S/C42H25NS.C38H24N6.C34H21N3S/c1-2-11-31-29(9-1)30-10-3-4-12-32(30)37-25-27(19-22-33(31)37)26-17-20-28(21-18-26)43-38-15-7-5-14-36(38)41-39(43)24-23-35-34-13-6-8-16-40(34)44-42(35)41;1-3-13-25(14-4-1)36-40-37(26-15-5-2-6-16-26)42-38(41-36)44-32-20-10-8-18-28(32)30-23-22-29-27-17-7-9-19-31(27)43(34(29)35(30)44)33-21-11-12-24-39-33;1-3-9-22(10-4-1)24-15-17-29-27(21-24)32-30(18-16-26-25-13-7-8-14-31(25)38-33(26)32)37(29)34-35-20-19-28(36-34)23-11-5-2-6-12-23/h1-25H;1-24H;1-21H. The lowest BCUT2D eigenvalue weighted by Crippen LogP contribution is -2.07. The Morgan fingerprint density at radius 1 is 0.198 bits per heavy atom. The Labute approximate surface area is 730 Å². The Kier molecular flexibility index (Phi) is 17.1. The number of fused-ring (bicyclic) bond motifs is 27. The molecule has 27 rings (SSSR count). The van der Waals surface area contributed by atoms with Gasteiger partial charge in [0, 0.05) is 118 Å². The van der Waals surface area contributed by atoms with Crippen LogP contribution >= 0.6 is 22.7 Å². The lowest BCUT2D eigenvalue weighted by Gasteiger charge is -2.13. The first-order valence-electron chi connectivity index (χ1n) is 42.4. The first kappa shape index (κ1) is 72.4. The van der Waals surface area contributed by atoms with E-state index in [1.54, 1.807) is 0 Å². The van der Waals surface area contributed by atoms with Crippen LogP contribution in [0, 0.1) is 0 Å². The summed E-state index contributed by atoms with van der Waals surface area (Å²) in [6, 6.07) is 146. The maximum absolute atomic E-state index is 5.15. The molecule has 0 aliphatic rings. The van der Waals surface area contributed by atoms with E-state index in [1.165, 1.54) is 133 Å². The van der Waals surface area contributed by atoms with Crippen molar-refractivity contribution in [1.29, 1.82) is 0 Å². The van der Waals surface area contributed by atoms with Crippen molar-refractivity contribution in [2.45, 2.75) is 0 Å². The number of pyridine rings is 1. The number of para-hydroxylation sites is 3. The Balaban J connectivity index is 0.000000103. The molecule has 126 heavy (non-hydrogen) atoms. The van der Waals surface area contributed by atoms with Crippen LogP contribution in [0.2, 0.25) is 0 Å². The van der Waals surface area contributed by atoms with Crippen molar-refractivity contribution in [2.75, 3.05) is 0 Å². The highest BCUT2D eigenvalue weighted by Gasteiger charge is 2.27. The van der Waals surface area contributed by atoms with Gasteiger partial charge in [0.05, 0.1) is 49.8 Å². The van der Waals surface area contributed by atoms with Crippen LogP contribution in [0.15, 0.2) is 425 Å². The molecule has 0 fully saturated rings. The molecule has 9 aromatic heterocycles. The second kappa shape index (κ2) is 29.8. The molecule has 18 aromatic carbocycles. The van der Waals surface area contributed by atoms with E-state index in [-0.39, 0.29) is 0 Å². The predicted molar refractivity (Wildman–Crippen MR) is 529 cm³/mol. The molecular formula is C114H70N10S2. The second-order valence-corrected chi connectivity index (χ2v) is 34.0. The zero-order valence-corrected chi connectivity index (χ0v) is 69.3. The molecule has 0 aliphatic carbocycles. The highest BCUT2D eigenvalue weighted by molar-refractivity contribution is 7.27. The van der Waals surface area contributed by atoms with Crippen LogP contribution in [0.1, 0.15) is 0 Å². The molecule has 0 N–H and O–H groups in total. The summed E-state index contributed by atoms with van der Waals surface area (Å²) in [5, 5.41) is 22.8. The topological polar surface area (TPSA) is 97.1 Å². The van der Waals surface area contributed by atoms with Gasteiger partial charge in [-0.2, -0.15) is 9.97 Å². The van der Waals surface area contributed by atoms with Gasteiger partial charge in [-0.1, -0.05) is 322 Å². The monoisotopic (exact) mass is 1640 g/mol. The summed E-state index contributed by atoms with van der Waals surface area (Å²) in [6.45, 7) is 0. The molecule has 0 spiro atoms. The Morgan fingerprint density at radius 3 is 1.17 bits per heavy atom. The van der Waals surface area contributed by atoms with Gasteiger partial charge in [0.1, 0.15) is 5.82 Å². The van der Waals surface area contributed by atoms with Crippen LogP contribution in [0.4, 0.5) is 0 Å². The predicted octanol–water partition coefficient (Wildman–Crippen LogP) is 30.3. The Bertz CT molecular complexity index is 8930. The van der Waals surface area contributed by atoms with Gasteiger partial charge in [-0.05, 0) is 146 Å². The minimum absolute atomic E-state index is 0.564. The average Bonchev–Trinajstić information content (AvgIpc) is 1.55. The summed E-state index contributed by atoms with van der Waals surface area (Å²) >= 11 is 3.77. The number of hydrogen-bond acceptors (Lipinski definition) is 8. The minimum atomic E-state index is 0.564. The molecule has 0 amide bonds. The van der Waals surface area contributed by atoms with Gasteiger partial charge in [-0.3, -0.25) is 13.7 Å². The summed E-state index contributed by atoms with van der Waals surface area (Å²) in [5.74, 6) is 3.35. The molecule has 0 unspecified atom stereocenters. The smallest absolute Gasteiger partial charge is 0.238 e. The van der Waals surface area contributed by atoms with E-state index in [0.717, 1.165) is 82.8 Å². The molecular weight excluding hydrogens is 1570 g/mol. The lowest BCUT2D eigenvalue weighted by molar-refractivity contribution is 0.952. The normalized spacial score (nSPS) is 11.8. The van der Waals surface area contributed by atoms with Crippen molar-refractivity contribution in [3.63, 3.8) is 0 Å². The van der Waals surface area contributed by atoms with Crippen LogP contribution in [-0.2, 0) is 0 Å². The molecule has 0 aliphatic heterocycles. The number of hydrogen-bond donors (Lipinski definition) is 0. The average molecular weight is 1640 g/mol. The Hall–Kier alpha value is -16.4. The number of benzene rings is 18. The van der Waals surface area contributed by atoms with Crippen LogP contribution in [0.25, 0.3) is 240 Å². The van der Waals surface area contributed by atoms with E-state index < -0.39 is 0 Å². The van der Waals surface area contributed by atoms with Crippen LogP contribution in [0.3, 0.4) is 0 Å². The first-order chi connectivity index (χ1) is 62.5. The minimum Gasteiger partial charge on any atom is -0.309 e. The fourth-order valence-corrected chi connectivity index (χ4v) is 21.8. The molecule has 588 valence electrons. The van der Waals surface area contributed by atoms with E-state index in [9.17, 15) is 0 Å². The molecule has 0 bridgehead atoms. The van der Waals surface area contributed by atoms with Crippen LogP contribution < -0.4 is 0 Å². The van der Waals surface area contributed by atoms with Crippen molar-refractivity contribution in [3.05, 3.63) is 425 Å². The van der Waals surface area contributed by atoms with Crippen molar-refractivity contribution < 1.29 is 0 Å². The molecule has 12 heteroatoms.